The van der Waals surface area contributed by atoms with E-state index < -0.39 is 0 Å². The summed E-state index contributed by atoms with van der Waals surface area (Å²) < 4.78 is 0. The van der Waals surface area contributed by atoms with E-state index in [0.717, 1.165) is 18.2 Å². The van der Waals surface area contributed by atoms with Crippen molar-refractivity contribution in [3.8, 4) is 0 Å². The van der Waals surface area contributed by atoms with Gasteiger partial charge in [-0.15, -0.1) is 0 Å². The van der Waals surface area contributed by atoms with E-state index >= 15 is 0 Å². The minimum atomic E-state index is 0.369. The van der Waals surface area contributed by atoms with Crippen LogP contribution >= 0.6 is 12.2 Å². The zero-order valence-electron chi connectivity index (χ0n) is 10.2. The van der Waals surface area contributed by atoms with Crippen LogP contribution in [0.25, 0.3) is 0 Å². The predicted octanol–water partition coefficient (Wildman–Crippen LogP) is 1.95. The molecule has 0 spiro atoms. The number of nitrogens with zero attached hydrogens (tertiary/aromatic N) is 2. The Bertz CT molecular complexity index is 401. The van der Waals surface area contributed by atoms with E-state index in [1.807, 2.05) is 12.1 Å². The minimum absolute atomic E-state index is 0.369. The van der Waals surface area contributed by atoms with Crippen molar-refractivity contribution in [2.45, 2.75) is 25.8 Å². The molecule has 1 saturated carbocycles. The van der Waals surface area contributed by atoms with Crippen LogP contribution < -0.4 is 5.73 Å². The Morgan fingerprint density at radius 1 is 1.59 bits per heavy atom. The maximum Gasteiger partial charge on any atom is 0.122 e. The lowest BCUT2D eigenvalue weighted by molar-refractivity contribution is 0.200. The van der Waals surface area contributed by atoms with Crippen molar-refractivity contribution in [3.05, 3.63) is 29.6 Å². The van der Waals surface area contributed by atoms with E-state index in [0.29, 0.717) is 4.99 Å². The van der Waals surface area contributed by atoms with Crippen molar-refractivity contribution in [1.29, 1.82) is 0 Å². The molecule has 0 unspecified atom stereocenters. The third-order valence-electron chi connectivity index (χ3n) is 3.32. The summed E-state index contributed by atoms with van der Waals surface area (Å²) in [6, 6.07) is 4.01. The Kier molecular flexibility index (Phi) is 4.07. The van der Waals surface area contributed by atoms with E-state index in [2.05, 4.69) is 16.9 Å². The van der Waals surface area contributed by atoms with Gasteiger partial charge in [0.15, 0.2) is 0 Å². The molecular formula is C13H19N3S. The van der Waals surface area contributed by atoms with Gasteiger partial charge in [0, 0.05) is 19.3 Å². The largest absolute Gasteiger partial charge is 0.388 e. The standard InChI is InChI=1S/C13H19N3S/c1-16(8-10-3-2-4-10)9-11-5-6-15-12(7-11)13(14)17/h5-7,10H,2-4,8-9H2,1H3,(H2,14,17). The zero-order valence-corrected chi connectivity index (χ0v) is 11.0. The lowest BCUT2D eigenvalue weighted by atomic mass is 9.85. The number of nitrogens with two attached hydrogens (primary N) is 1. The molecule has 1 aromatic heterocycles. The van der Waals surface area contributed by atoms with Gasteiger partial charge in [0.05, 0.1) is 5.69 Å². The van der Waals surface area contributed by atoms with Crippen LogP contribution in [0.15, 0.2) is 18.3 Å². The Hall–Kier alpha value is -1.00. The van der Waals surface area contributed by atoms with Crippen LogP contribution in [0.5, 0.6) is 0 Å². The van der Waals surface area contributed by atoms with Crippen molar-refractivity contribution in [1.82, 2.24) is 9.88 Å². The molecule has 1 aliphatic carbocycles. The van der Waals surface area contributed by atoms with E-state index in [4.69, 9.17) is 18.0 Å². The second kappa shape index (κ2) is 5.56. The molecule has 2 rings (SSSR count). The molecule has 0 atom stereocenters. The maximum atomic E-state index is 5.58. The molecule has 1 fully saturated rings. The van der Waals surface area contributed by atoms with Gasteiger partial charge in [0.1, 0.15) is 4.99 Å². The number of aromatic nitrogens is 1. The molecule has 17 heavy (non-hydrogen) atoms. The Balaban J connectivity index is 1.92. The first kappa shape index (κ1) is 12.5. The molecule has 0 aromatic carbocycles. The van der Waals surface area contributed by atoms with Gasteiger partial charge in [-0.2, -0.15) is 0 Å². The Morgan fingerprint density at radius 2 is 2.35 bits per heavy atom. The number of thiocarbonyl (C=S) groups is 1. The van der Waals surface area contributed by atoms with Crippen LogP contribution in [0.3, 0.4) is 0 Å². The summed E-state index contributed by atoms with van der Waals surface area (Å²) in [5, 5.41) is 0. The Labute approximate surface area is 108 Å². The van der Waals surface area contributed by atoms with E-state index in [9.17, 15) is 0 Å². The first-order valence-corrected chi connectivity index (χ1v) is 6.49. The van der Waals surface area contributed by atoms with Crippen molar-refractivity contribution in [2.75, 3.05) is 13.6 Å². The van der Waals surface area contributed by atoms with Gasteiger partial charge >= 0.3 is 0 Å². The normalized spacial score (nSPS) is 15.9. The number of rotatable bonds is 5. The monoisotopic (exact) mass is 249 g/mol. The first-order valence-electron chi connectivity index (χ1n) is 6.08. The third kappa shape index (κ3) is 3.48. The zero-order chi connectivity index (χ0) is 12.3. The van der Waals surface area contributed by atoms with Crippen molar-refractivity contribution >= 4 is 17.2 Å². The SMILES string of the molecule is CN(Cc1ccnc(C(N)=S)c1)CC1CCC1. The highest BCUT2D eigenvalue weighted by atomic mass is 32.1. The fourth-order valence-electron chi connectivity index (χ4n) is 2.20. The lowest BCUT2D eigenvalue weighted by Gasteiger charge is -2.30. The predicted molar refractivity (Wildman–Crippen MR) is 73.8 cm³/mol. The Morgan fingerprint density at radius 3 is 2.94 bits per heavy atom. The van der Waals surface area contributed by atoms with Gasteiger partial charge in [-0.3, -0.25) is 4.98 Å². The molecule has 0 amide bonds. The van der Waals surface area contributed by atoms with Crippen LogP contribution in [0.4, 0.5) is 0 Å². The molecule has 1 aromatic rings. The van der Waals surface area contributed by atoms with Crippen LogP contribution in [0, 0.1) is 5.92 Å². The van der Waals surface area contributed by atoms with Crippen LogP contribution in [-0.2, 0) is 6.54 Å². The topological polar surface area (TPSA) is 42.2 Å². The molecule has 0 saturated heterocycles. The van der Waals surface area contributed by atoms with Crippen LogP contribution in [-0.4, -0.2) is 28.5 Å². The average molecular weight is 249 g/mol. The summed E-state index contributed by atoms with van der Waals surface area (Å²) in [6.07, 6.45) is 5.96. The van der Waals surface area contributed by atoms with Crippen molar-refractivity contribution in [2.24, 2.45) is 11.7 Å². The minimum Gasteiger partial charge on any atom is -0.388 e. The molecule has 1 aliphatic rings. The smallest absolute Gasteiger partial charge is 0.122 e. The average Bonchev–Trinajstić information content (AvgIpc) is 2.24. The molecule has 2 N–H and O–H groups in total. The van der Waals surface area contributed by atoms with Gasteiger partial charge in [0.2, 0.25) is 0 Å². The van der Waals surface area contributed by atoms with E-state index in [1.165, 1.54) is 31.4 Å². The second-order valence-electron chi connectivity index (χ2n) is 4.91. The molecule has 92 valence electrons. The molecule has 4 heteroatoms. The van der Waals surface area contributed by atoms with E-state index in [-0.39, 0.29) is 0 Å². The molecule has 0 aliphatic heterocycles. The van der Waals surface area contributed by atoms with E-state index in [1.54, 1.807) is 6.20 Å². The molecule has 1 heterocycles. The quantitative estimate of drug-likeness (QED) is 0.810. The molecule has 0 bridgehead atoms. The summed E-state index contributed by atoms with van der Waals surface area (Å²) in [4.78, 5) is 6.88. The van der Waals surface area contributed by atoms with Crippen molar-refractivity contribution < 1.29 is 0 Å². The number of hydrogen-bond donors (Lipinski definition) is 1. The fraction of sp³-hybridized carbons (Fsp3) is 0.538. The second-order valence-corrected chi connectivity index (χ2v) is 5.35. The van der Waals surface area contributed by atoms with Gasteiger partial charge in [-0.1, -0.05) is 18.6 Å². The van der Waals surface area contributed by atoms with Crippen LogP contribution in [0.2, 0.25) is 0 Å². The number of hydrogen-bond acceptors (Lipinski definition) is 3. The summed E-state index contributed by atoms with van der Waals surface area (Å²) >= 11 is 4.93. The first-order chi connectivity index (χ1) is 8.15. The maximum absolute atomic E-state index is 5.58. The third-order valence-corrected chi connectivity index (χ3v) is 3.53. The van der Waals surface area contributed by atoms with Gasteiger partial charge < -0.3 is 10.6 Å². The van der Waals surface area contributed by atoms with Crippen LogP contribution in [0.1, 0.15) is 30.5 Å². The molecule has 3 nitrogen and oxygen atoms in total. The van der Waals surface area contributed by atoms with Gasteiger partial charge in [-0.05, 0) is 43.5 Å². The summed E-state index contributed by atoms with van der Waals surface area (Å²) in [6.45, 7) is 2.12. The van der Waals surface area contributed by atoms with Crippen molar-refractivity contribution in [3.63, 3.8) is 0 Å². The lowest BCUT2D eigenvalue weighted by Crippen LogP contribution is -2.29. The summed E-state index contributed by atoms with van der Waals surface area (Å²) in [5.74, 6) is 0.900. The highest BCUT2D eigenvalue weighted by molar-refractivity contribution is 7.80. The van der Waals surface area contributed by atoms with Gasteiger partial charge in [0.25, 0.3) is 0 Å². The molecular weight excluding hydrogens is 230 g/mol. The summed E-state index contributed by atoms with van der Waals surface area (Å²) in [5.41, 5.74) is 7.52. The van der Waals surface area contributed by atoms with Gasteiger partial charge in [-0.25, -0.2) is 0 Å². The fourth-order valence-corrected chi connectivity index (χ4v) is 2.31. The number of pyridine rings is 1. The highest BCUT2D eigenvalue weighted by Crippen LogP contribution is 2.27. The molecule has 0 radical (unpaired) electrons. The highest BCUT2D eigenvalue weighted by Gasteiger charge is 2.18. The summed E-state index contributed by atoms with van der Waals surface area (Å²) in [7, 11) is 2.17.